The lowest BCUT2D eigenvalue weighted by atomic mass is 10.1. The van der Waals surface area contributed by atoms with Gasteiger partial charge in [-0.15, -0.1) is 11.3 Å². The van der Waals surface area contributed by atoms with E-state index in [4.69, 9.17) is 0 Å². The van der Waals surface area contributed by atoms with Crippen molar-refractivity contribution in [3.63, 3.8) is 0 Å². The van der Waals surface area contributed by atoms with Crippen LogP contribution in [0.2, 0.25) is 0 Å². The van der Waals surface area contributed by atoms with Gasteiger partial charge in [0.1, 0.15) is 5.01 Å². The summed E-state index contributed by atoms with van der Waals surface area (Å²) in [7, 11) is 0. The molecule has 3 rings (SSSR count). The highest BCUT2D eigenvalue weighted by Gasteiger charge is 2.24. The molecule has 0 aliphatic heterocycles. The quantitative estimate of drug-likeness (QED) is 0.669. The predicted octanol–water partition coefficient (Wildman–Crippen LogP) is 2.80. The maximum Gasteiger partial charge on any atom is 0.261 e. The van der Waals surface area contributed by atoms with Gasteiger partial charge in [0.05, 0.1) is 29.8 Å². The fourth-order valence-corrected chi connectivity index (χ4v) is 3.49. The third-order valence-electron chi connectivity index (χ3n) is 3.45. The highest BCUT2D eigenvalue weighted by molar-refractivity contribution is 9.10. The van der Waals surface area contributed by atoms with Crippen molar-refractivity contribution in [3.05, 3.63) is 55.4 Å². The summed E-state index contributed by atoms with van der Waals surface area (Å²) in [5, 5.41) is 12.0. The summed E-state index contributed by atoms with van der Waals surface area (Å²) in [5.41, 5.74) is 0.998. The van der Waals surface area contributed by atoms with Crippen molar-refractivity contribution >= 4 is 44.0 Å². The zero-order chi connectivity index (χ0) is 17.3. The Morgan fingerprint density at radius 2 is 2.29 bits per heavy atom. The molecule has 0 saturated carbocycles. The van der Waals surface area contributed by atoms with E-state index in [1.807, 2.05) is 6.07 Å². The van der Waals surface area contributed by atoms with E-state index in [0.717, 1.165) is 10.2 Å². The first kappa shape index (κ1) is 16.5. The van der Waals surface area contributed by atoms with Crippen molar-refractivity contribution < 1.29 is 4.79 Å². The van der Waals surface area contributed by atoms with E-state index in [9.17, 15) is 14.9 Å². The maximum atomic E-state index is 12.5. The second-order valence-electron chi connectivity index (χ2n) is 5.19. The molecule has 0 aliphatic carbocycles. The predicted molar refractivity (Wildman–Crippen MR) is 93.9 cm³/mol. The van der Waals surface area contributed by atoms with Gasteiger partial charge < -0.3 is 0 Å². The van der Waals surface area contributed by atoms with Crippen LogP contribution in [0.5, 0.6) is 0 Å². The Balaban J connectivity index is 1.94. The van der Waals surface area contributed by atoms with Crippen molar-refractivity contribution in [2.24, 2.45) is 0 Å². The Morgan fingerprint density at radius 1 is 1.50 bits per heavy atom. The topological polar surface area (TPSA) is 88.6 Å². The highest BCUT2D eigenvalue weighted by Crippen LogP contribution is 2.21. The first-order valence-electron chi connectivity index (χ1n) is 6.98. The molecule has 6 nitrogen and oxygen atoms in total. The van der Waals surface area contributed by atoms with Gasteiger partial charge in [-0.1, -0.05) is 15.9 Å². The standard InChI is InChI=1S/C16H11BrN4O2S/c1-9-7-24-15(20-9)12(5-18)14(22)6-21-8-19-13-3-2-10(17)4-11(13)16(21)23/h2-4,7-8,12H,6H2,1H3. The minimum Gasteiger partial charge on any atom is -0.296 e. The number of hydrogen-bond acceptors (Lipinski definition) is 6. The number of benzene rings is 1. The molecule has 0 amide bonds. The molecular formula is C16H11BrN4O2S. The molecule has 1 aromatic carbocycles. The second-order valence-corrected chi connectivity index (χ2v) is 7.00. The van der Waals surface area contributed by atoms with Crippen LogP contribution in [0, 0.1) is 18.3 Å². The Kier molecular flexibility index (Phi) is 4.55. The SMILES string of the molecule is Cc1csc(C(C#N)C(=O)Cn2cnc3ccc(Br)cc3c2=O)n1. The van der Waals surface area contributed by atoms with Crippen molar-refractivity contribution in [1.82, 2.24) is 14.5 Å². The zero-order valence-electron chi connectivity index (χ0n) is 12.6. The first-order chi connectivity index (χ1) is 11.5. The molecule has 3 aromatic rings. The number of hydrogen-bond donors (Lipinski definition) is 0. The van der Waals surface area contributed by atoms with E-state index in [-0.39, 0.29) is 17.9 Å². The number of thiazole rings is 1. The molecule has 120 valence electrons. The number of nitriles is 1. The Labute approximate surface area is 149 Å². The van der Waals surface area contributed by atoms with Gasteiger partial charge in [-0.3, -0.25) is 14.2 Å². The van der Waals surface area contributed by atoms with Gasteiger partial charge in [-0.2, -0.15) is 5.26 Å². The molecule has 0 saturated heterocycles. The van der Waals surface area contributed by atoms with Crippen molar-refractivity contribution in [1.29, 1.82) is 5.26 Å². The molecule has 2 heterocycles. The molecule has 24 heavy (non-hydrogen) atoms. The van der Waals surface area contributed by atoms with Crippen molar-refractivity contribution in [3.8, 4) is 6.07 Å². The number of Topliss-reactive ketones (excluding diaryl/α,β-unsaturated/α-hetero) is 1. The normalized spacial score (nSPS) is 12.0. The fraction of sp³-hybridized carbons (Fsp3) is 0.188. The summed E-state index contributed by atoms with van der Waals surface area (Å²) in [6, 6.07) is 7.15. The van der Waals surface area contributed by atoms with Gasteiger partial charge in [-0.05, 0) is 25.1 Å². The molecule has 1 atom stereocenters. The van der Waals surface area contributed by atoms with Crippen molar-refractivity contribution in [2.75, 3.05) is 0 Å². The number of nitrogens with zero attached hydrogens (tertiary/aromatic N) is 4. The Hall–Kier alpha value is -2.37. The van der Waals surface area contributed by atoms with Crippen LogP contribution in [0.15, 0.2) is 39.2 Å². The summed E-state index contributed by atoms with van der Waals surface area (Å²) < 4.78 is 1.98. The third kappa shape index (κ3) is 3.13. The number of halogens is 1. The molecular weight excluding hydrogens is 392 g/mol. The lowest BCUT2D eigenvalue weighted by Crippen LogP contribution is -2.27. The van der Waals surface area contributed by atoms with Crippen LogP contribution in [0.25, 0.3) is 10.9 Å². The van der Waals surface area contributed by atoms with E-state index in [0.29, 0.717) is 15.9 Å². The second kappa shape index (κ2) is 6.63. The van der Waals surface area contributed by atoms with Crippen LogP contribution in [0.1, 0.15) is 16.6 Å². The van der Waals surface area contributed by atoms with Gasteiger partial charge in [0.25, 0.3) is 5.56 Å². The number of aromatic nitrogens is 3. The maximum absolute atomic E-state index is 12.5. The number of carbonyl (C=O) groups is 1. The lowest BCUT2D eigenvalue weighted by molar-refractivity contribution is -0.120. The van der Waals surface area contributed by atoms with E-state index < -0.39 is 5.92 Å². The van der Waals surface area contributed by atoms with Gasteiger partial charge in [0, 0.05) is 15.5 Å². The molecule has 1 unspecified atom stereocenters. The van der Waals surface area contributed by atoms with Gasteiger partial charge in [-0.25, -0.2) is 9.97 Å². The monoisotopic (exact) mass is 402 g/mol. The van der Waals surface area contributed by atoms with Crippen LogP contribution in [-0.4, -0.2) is 20.3 Å². The molecule has 0 bridgehead atoms. The van der Waals surface area contributed by atoms with Crippen LogP contribution in [-0.2, 0) is 11.3 Å². The summed E-state index contributed by atoms with van der Waals surface area (Å²) in [5.74, 6) is -1.36. The zero-order valence-corrected chi connectivity index (χ0v) is 15.0. The number of aryl methyl sites for hydroxylation is 1. The minimum absolute atomic E-state index is 0.217. The minimum atomic E-state index is -0.978. The summed E-state index contributed by atoms with van der Waals surface area (Å²) >= 11 is 4.58. The number of fused-ring (bicyclic) bond motifs is 1. The van der Waals surface area contributed by atoms with E-state index >= 15 is 0 Å². The number of rotatable bonds is 4. The molecule has 2 aromatic heterocycles. The Bertz CT molecular complexity index is 1030. The van der Waals surface area contributed by atoms with Gasteiger partial charge in [0.2, 0.25) is 0 Å². The molecule has 0 aliphatic rings. The number of ketones is 1. The summed E-state index contributed by atoms with van der Waals surface area (Å²) in [6.07, 6.45) is 1.33. The Morgan fingerprint density at radius 3 is 2.96 bits per heavy atom. The van der Waals surface area contributed by atoms with Crippen LogP contribution in [0.4, 0.5) is 0 Å². The van der Waals surface area contributed by atoms with E-state index in [1.165, 1.54) is 22.2 Å². The average molecular weight is 403 g/mol. The highest BCUT2D eigenvalue weighted by atomic mass is 79.9. The van der Waals surface area contributed by atoms with Crippen LogP contribution >= 0.6 is 27.3 Å². The molecule has 0 fully saturated rings. The van der Waals surface area contributed by atoms with E-state index in [1.54, 1.807) is 30.5 Å². The smallest absolute Gasteiger partial charge is 0.261 e. The van der Waals surface area contributed by atoms with Gasteiger partial charge in [0.15, 0.2) is 11.7 Å². The fourth-order valence-electron chi connectivity index (χ4n) is 2.27. The lowest BCUT2D eigenvalue weighted by Gasteiger charge is -2.08. The molecule has 0 spiro atoms. The first-order valence-corrected chi connectivity index (χ1v) is 8.66. The van der Waals surface area contributed by atoms with Crippen LogP contribution < -0.4 is 5.56 Å². The molecule has 0 radical (unpaired) electrons. The molecule has 8 heteroatoms. The third-order valence-corrected chi connectivity index (χ3v) is 4.97. The van der Waals surface area contributed by atoms with Gasteiger partial charge >= 0.3 is 0 Å². The largest absolute Gasteiger partial charge is 0.296 e. The number of carbonyl (C=O) groups excluding carboxylic acids is 1. The summed E-state index contributed by atoms with van der Waals surface area (Å²) in [6.45, 7) is 1.58. The van der Waals surface area contributed by atoms with Crippen LogP contribution in [0.3, 0.4) is 0 Å². The molecule has 0 N–H and O–H groups in total. The average Bonchev–Trinajstić information content (AvgIpc) is 2.97. The van der Waals surface area contributed by atoms with E-state index in [2.05, 4.69) is 25.9 Å². The van der Waals surface area contributed by atoms with Crippen molar-refractivity contribution in [2.45, 2.75) is 19.4 Å². The summed E-state index contributed by atoms with van der Waals surface area (Å²) in [4.78, 5) is 33.4.